The molecular formula is C30H28ClO6P. The molecule has 0 aliphatic carbocycles. The number of carbonyl (C=O) groups is 2. The van der Waals surface area contributed by atoms with Gasteiger partial charge in [0.25, 0.3) is 0 Å². The smallest absolute Gasteiger partial charge is 0.341 e. The van der Waals surface area contributed by atoms with Crippen molar-refractivity contribution in [1.82, 2.24) is 0 Å². The molecule has 0 fully saturated rings. The van der Waals surface area contributed by atoms with Gasteiger partial charge < -0.3 is 31.7 Å². The predicted molar refractivity (Wildman–Crippen MR) is 147 cm³/mol. The molecule has 0 aromatic heterocycles. The lowest BCUT2D eigenvalue weighted by molar-refractivity contribution is -0.139. The van der Waals surface area contributed by atoms with Crippen LogP contribution in [0.4, 0.5) is 0 Å². The summed E-state index contributed by atoms with van der Waals surface area (Å²) in [6.45, 7) is 1.68. The van der Waals surface area contributed by atoms with Crippen molar-refractivity contribution in [3.63, 3.8) is 0 Å². The van der Waals surface area contributed by atoms with Gasteiger partial charge >= 0.3 is 5.97 Å². The lowest BCUT2D eigenvalue weighted by Crippen LogP contribution is -3.00. The van der Waals surface area contributed by atoms with E-state index in [-0.39, 0.29) is 35.4 Å². The molecule has 0 unspecified atom stereocenters. The number of halogens is 1. The molecule has 0 spiro atoms. The highest BCUT2D eigenvalue weighted by molar-refractivity contribution is 7.95. The van der Waals surface area contributed by atoms with Crippen LogP contribution < -0.4 is 42.5 Å². The van der Waals surface area contributed by atoms with Gasteiger partial charge in [0, 0.05) is 0 Å². The van der Waals surface area contributed by atoms with E-state index < -0.39 is 19.8 Å². The number of ketones is 1. The summed E-state index contributed by atoms with van der Waals surface area (Å²) >= 11 is 0. The Balaban J connectivity index is 0.00000400. The number of ether oxygens (including phenoxy) is 3. The van der Waals surface area contributed by atoms with Crippen molar-refractivity contribution in [3.05, 3.63) is 108 Å². The fourth-order valence-corrected chi connectivity index (χ4v) is 7.89. The number of hydrogen-bond donors (Lipinski definition) is 1. The standard InChI is InChI=1S/C30H27O6P.ClH/c1-34-29-24(18-19-25(30(29)35-2)36-20-27(31)32)28(33)23-16-10-11-17-26(23)37(3,21-12-6-4-7-13-21)22-14-8-5-9-15-22;/h4-19H,20H2,1-3H3;1H. The van der Waals surface area contributed by atoms with E-state index in [1.807, 2.05) is 60.7 Å². The van der Waals surface area contributed by atoms with E-state index in [2.05, 4.69) is 30.9 Å². The Bertz CT molecular complexity index is 1370. The van der Waals surface area contributed by atoms with E-state index in [0.717, 1.165) is 15.9 Å². The zero-order chi connectivity index (χ0) is 26.4. The number of carbonyl (C=O) groups excluding carboxylic acids is 1. The van der Waals surface area contributed by atoms with E-state index in [1.54, 1.807) is 6.07 Å². The maximum absolute atomic E-state index is 14.1. The van der Waals surface area contributed by atoms with Gasteiger partial charge in [-0.2, -0.15) is 0 Å². The highest BCUT2D eigenvalue weighted by atomic mass is 35.5. The van der Waals surface area contributed by atoms with Crippen molar-refractivity contribution in [2.75, 3.05) is 27.5 Å². The SMILES string of the molecule is COc1c(OCC(=O)O)ccc(C(=O)c2ccccc2[P+](C)(c2ccccc2)c2ccccc2)c1OC.[Cl-]. The van der Waals surface area contributed by atoms with Gasteiger partial charge in [-0.1, -0.05) is 48.5 Å². The molecule has 8 heteroatoms. The van der Waals surface area contributed by atoms with Crippen LogP contribution in [-0.2, 0) is 4.79 Å². The average molecular weight is 551 g/mol. The molecule has 196 valence electrons. The van der Waals surface area contributed by atoms with Crippen LogP contribution in [0.15, 0.2) is 97.1 Å². The molecule has 0 amide bonds. The second kappa shape index (κ2) is 12.6. The van der Waals surface area contributed by atoms with Crippen LogP contribution in [0.2, 0.25) is 0 Å². The minimum Gasteiger partial charge on any atom is -1.00 e. The van der Waals surface area contributed by atoms with Gasteiger partial charge in [0.15, 0.2) is 18.1 Å². The van der Waals surface area contributed by atoms with Crippen LogP contribution in [-0.4, -0.2) is 44.4 Å². The fraction of sp³-hybridized carbons (Fsp3) is 0.133. The normalized spacial score (nSPS) is 10.7. The Morgan fingerprint density at radius 1 is 0.711 bits per heavy atom. The van der Waals surface area contributed by atoms with Crippen molar-refractivity contribution < 1.29 is 41.3 Å². The third kappa shape index (κ3) is 5.52. The molecule has 0 aliphatic heterocycles. The molecule has 0 heterocycles. The third-order valence-electron chi connectivity index (χ3n) is 6.26. The summed E-state index contributed by atoms with van der Waals surface area (Å²) in [6.07, 6.45) is 0. The van der Waals surface area contributed by atoms with Crippen LogP contribution in [0.1, 0.15) is 15.9 Å². The van der Waals surface area contributed by atoms with Crippen LogP contribution >= 0.6 is 7.26 Å². The highest BCUT2D eigenvalue weighted by Crippen LogP contribution is 2.52. The average Bonchev–Trinajstić information content (AvgIpc) is 2.95. The van der Waals surface area contributed by atoms with Gasteiger partial charge in [-0.15, -0.1) is 0 Å². The molecule has 1 N–H and O–H groups in total. The number of carboxylic acid groups (broad SMARTS) is 1. The quantitative estimate of drug-likeness (QED) is 0.237. The minimum absolute atomic E-state index is 0. The van der Waals surface area contributed by atoms with E-state index in [1.165, 1.54) is 20.3 Å². The fourth-order valence-electron chi connectivity index (χ4n) is 4.45. The molecule has 4 aromatic carbocycles. The number of aliphatic carboxylic acids is 1. The van der Waals surface area contributed by atoms with Crippen molar-refractivity contribution in [2.24, 2.45) is 0 Å². The Morgan fingerprint density at radius 2 is 1.24 bits per heavy atom. The molecule has 6 nitrogen and oxygen atoms in total. The van der Waals surface area contributed by atoms with Crippen molar-refractivity contribution in [1.29, 1.82) is 0 Å². The second-order valence-electron chi connectivity index (χ2n) is 8.38. The Morgan fingerprint density at radius 3 is 1.76 bits per heavy atom. The summed E-state index contributed by atoms with van der Waals surface area (Å²) in [4.78, 5) is 25.2. The van der Waals surface area contributed by atoms with Gasteiger partial charge in [-0.3, -0.25) is 4.79 Å². The summed E-state index contributed by atoms with van der Waals surface area (Å²) in [5, 5.41) is 12.3. The largest absolute Gasteiger partial charge is 1.00 e. The van der Waals surface area contributed by atoms with Gasteiger partial charge in [0.1, 0.15) is 23.2 Å². The Labute approximate surface area is 228 Å². The van der Waals surface area contributed by atoms with E-state index in [9.17, 15) is 9.59 Å². The second-order valence-corrected chi connectivity index (χ2v) is 11.9. The number of carboxylic acids is 1. The van der Waals surface area contributed by atoms with Crippen LogP contribution in [0.25, 0.3) is 0 Å². The van der Waals surface area contributed by atoms with Crippen LogP contribution in [0.3, 0.4) is 0 Å². The topological polar surface area (TPSA) is 82.1 Å². The molecule has 4 aromatic rings. The van der Waals surface area contributed by atoms with Gasteiger partial charge in [0.2, 0.25) is 11.5 Å². The highest BCUT2D eigenvalue weighted by Gasteiger charge is 2.43. The van der Waals surface area contributed by atoms with Crippen molar-refractivity contribution in [3.8, 4) is 17.2 Å². The summed E-state index contributed by atoms with van der Waals surface area (Å²) in [5.74, 6) is -0.827. The summed E-state index contributed by atoms with van der Waals surface area (Å²) in [5.41, 5.74) is 0.854. The molecule has 0 aliphatic rings. The molecule has 0 saturated carbocycles. The molecule has 38 heavy (non-hydrogen) atoms. The maximum atomic E-state index is 14.1. The molecule has 4 rings (SSSR count). The number of benzene rings is 4. The zero-order valence-corrected chi connectivity index (χ0v) is 22.9. The summed E-state index contributed by atoms with van der Waals surface area (Å²) in [7, 11) is 0.660. The van der Waals surface area contributed by atoms with E-state index >= 15 is 0 Å². The first-order valence-corrected chi connectivity index (χ1v) is 13.9. The first-order valence-electron chi connectivity index (χ1n) is 11.6. The molecule has 0 atom stereocenters. The van der Waals surface area contributed by atoms with E-state index in [0.29, 0.717) is 11.1 Å². The van der Waals surface area contributed by atoms with Crippen LogP contribution in [0, 0.1) is 0 Å². The van der Waals surface area contributed by atoms with Crippen molar-refractivity contribution in [2.45, 2.75) is 0 Å². The number of methoxy groups -OCH3 is 2. The monoisotopic (exact) mass is 550 g/mol. The predicted octanol–water partition coefficient (Wildman–Crippen LogP) is 1.33. The summed E-state index contributed by atoms with van der Waals surface area (Å²) in [6, 6.07) is 31.3. The first-order chi connectivity index (χ1) is 17.9. The number of hydrogen-bond acceptors (Lipinski definition) is 5. The summed E-state index contributed by atoms with van der Waals surface area (Å²) < 4.78 is 16.4. The molecule has 0 bridgehead atoms. The van der Waals surface area contributed by atoms with Crippen LogP contribution in [0.5, 0.6) is 17.2 Å². The Hall–Kier alpha value is -3.86. The zero-order valence-electron chi connectivity index (χ0n) is 21.3. The maximum Gasteiger partial charge on any atom is 0.341 e. The molecule has 0 saturated heterocycles. The van der Waals surface area contributed by atoms with Gasteiger partial charge in [-0.05, 0) is 48.5 Å². The minimum atomic E-state index is -2.19. The molecular weight excluding hydrogens is 523 g/mol. The lowest BCUT2D eigenvalue weighted by Gasteiger charge is -2.25. The lowest BCUT2D eigenvalue weighted by atomic mass is 10.0. The van der Waals surface area contributed by atoms with E-state index in [4.69, 9.17) is 19.3 Å². The molecule has 0 radical (unpaired) electrons. The van der Waals surface area contributed by atoms with Crippen molar-refractivity contribution >= 4 is 34.9 Å². The van der Waals surface area contributed by atoms with Gasteiger partial charge in [0.05, 0.1) is 32.0 Å². The van der Waals surface area contributed by atoms with Gasteiger partial charge in [-0.25, -0.2) is 4.79 Å². The first kappa shape index (κ1) is 28.7. The third-order valence-corrected chi connectivity index (χ3v) is 10.3. The number of rotatable bonds is 10. The Kier molecular flexibility index (Phi) is 9.51.